The van der Waals surface area contributed by atoms with Gasteiger partial charge in [-0.25, -0.2) is 0 Å². The largest absolute Gasteiger partial charge is 0.506 e. The van der Waals surface area contributed by atoms with Gasteiger partial charge >= 0.3 is 0 Å². The molecule has 0 radical (unpaired) electrons. The van der Waals surface area contributed by atoms with Crippen LogP contribution in [0.4, 0.5) is 0 Å². The lowest BCUT2D eigenvalue weighted by molar-refractivity contribution is 0.451. The molecule has 0 unspecified atom stereocenters. The van der Waals surface area contributed by atoms with E-state index in [2.05, 4.69) is 10.4 Å². The van der Waals surface area contributed by atoms with Gasteiger partial charge in [0, 0.05) is 18.7 Å². The first kappa shape index (κ1) is 12.9. The molecule has 1 heterocycles. The first-order valence-electron chi connectivity index (χ1n) is 6.76. The Labute approximate surface area is 116 Å². The Morgan fingerprint density at radius 3 is 2.90 bits per heavy atom. The number of hydrogen-bond donors (Lipinski definition) is 2. The van der Waals surface area contributed by atoms with E-state index in [0.29, 0.717) is 24.0 Å². The van der Waals surface area contributed by atoms with Gasteiger partial charge in [-0.15, -0.1) is 0 Å². The lowest BCUT2D eigenvalue weighted by Crippen LogP contribution is -2.24. The van der Waals surface area contributed by atoms with Gasteiger partial charge in [-0.05, 0) is 37.5 Å². The average Bonchev–Trinajstić information content (AvgIpc) is 3.22. The van der Waals surface area contributed by atoms with Crippen LogP contribution in [0.5, 0.6) is 5.75 Å². The number of rotatable bonds is 4. The average molecular weight is 271 g/mol. The standard InChI is InChI=1S/C15H17N3O2/c1-10-3-2-4-12(7-10)18-15(20)8-14(19)13(17-18)9-16-11-5-6-11/h2-4,7-8,11,16,19H,5-6,9H2,1H3. The molecule has 1 aliphatic carbocycles. The minimum Gasteiger partial charge on any atom is -0.506 e. The summed E-state index contributed by atoms with van der Waals surface area (Å²) in [7, 11) is 0. The second-order valence-electron chi connectivity index (χ2n) is 5.22. The predicted octanol–water partition coefficient (Wildman–Crippen LogP) is 1.50. The summed E-state index contributed by atoms with van der Waals surface area (Å²) in [5.74, 6) is -0.0490. The van der Waals surface area contributed by atoms with Gasteiger partial charge in [-0.1, -0.05) is 12.1 Å². The van der Waals surface area contributed by atoms with Gasteiger partial charge in [0.2, 0.25) is 0 Å². The van der Waals surface area contributed by atoms with Crippen LogP contribution in [0, 0.1) is 6.92 Å². The molecule has 1 fully saturated rings. The highest BCUT2D eigenvalue weighted by Gasteiger charge is 2.21. The second-order valence-corrected chi connectivity index (χ2v) is 5.22. The quantitative estimate of drug-likeness (QED) is 0.884. The van der Waals surface area contributed by atoms with E-state index in [1.54, 1.807) is 0 Å². The third kappa shape index (κ3) is 2.72. The molecule has 2 N–H and O–H groups in total. The van der Waals surface area contributed by atoms with Crippen molar-refractivity contribution in [2.75, 3.05) is 0 Å². The molecule has 0 saturated heterocycles. The molecule has 1 aromatic carbocycles. The van der Waals surface area contributed by atoms with E-state index in [9.17, 15) is 9.90 Å². The summed E-state index contributed by atoms with van der Waals surface area (Å²) in [5, 5.41) is 17.4. The van der Waals surface area contributed by atoms with Crippen molar-refractivity contribution < 1.29 is 5.11 Å². The lowest BCUT2D eigenvalue weighted by Gasteiger charge is -2.10. The third-order valence-electron chi connectivity index (χ3n) is 3.37. The summed E-state index contributed by atoms with van der Waals surface area (Å²) < 4.78 is 1.33. The van der Waals surface area contributed by atoms with Crippen molar-refractivity contribution >= 4 is 0 Å². The topological polar surface area (TPSA) is 67.2 Å². The highest BCUT2D eigenvalue weighted by molar-refractivity contribution is 5.36. The molecule has 1 aromatic heterocycles. The van der Waals surface area contributed by atoms with Crippen LogP contribution in [0.1, 0.15) is 24.1 Å². The van der Waals surface area contributed by atoms with Gasteiger partial charge in [-0.3, -0.25) is 4.79 Å². The maximum Gasteiger partial charge on any atom is 0.275 e. The monoisotopic (exact) mass is 271 g/mol. The van der Waals surface area contributed by atoms with Crippen LogP contribution >= 0.6 is 0 Å². The van der Waals surface area contributed by atoms with Crippen molar-refractivity contribution in [2.24, 2.45) is 0 Å². The van der Waals surface area contributed by atoms with Crippen LogP contribution in [0.3, 0.4) is 0 Å². The molecular formula is C15H17N3O2. The summed E-state index contributed by atoms with van der Waals surface area (Å²) in [6.45, 7) is 2.44. The Kier molecular flexibility index (Phi) is 3.28. The smallest absolute Gasteiger partial charge is 0.275 e. The molecule has 20 heavy (non-hydrogen) atoms. The SMILES string of the molecule is Cc1cccc(-n2nc(CNC3CC3)c(O)cc2=O)c1. The van der Waals surface area contributed by atoms with Gasteiger partial charge in [0.15, 0.2) is 0 Å². The van der Waals surface area contributed by atoms with Crippen LogP contribution < -0.4 is 10.9 Å². The van der Waals surface area contributed by atoms with Crippen molar-refractivity contribution in [1.29, 1.82) is 0 Å². The summed E-state index contributed by atoms with van der Waals surface area (Å²) in [6, 6.07) is 9.31. The lowest BCUT2D eigenvalue weighted by atomic mass is 10.2. The number of aryl methyl sites for hydroxylation is 1. The van der Waals surface area contributed by atoms with Gasteiger partial charge in [-0.2, -0.15) is 9.78 Å². The fourth-order valence-electron chi connectivity index (χ4n) is 2.08. The van der Waals surface area contributed by atoms with Gasteiger partial charge < -0.3 is 10.4 Å². The fourth-order valence-corrected chi connectivity index (χ4v) is 2.08. The van der Waals surface area contributed by atoms with Crippen LogP contribution in [0.2, 0.25) is 0 Å². The van der Waals surface area contributed by atoms with Crippen molar-refractivity contribution in [1.82, 2.24) is 15.1 Å². The Hall–Kier alpha value is -2.14. The zero-order chi connectivity index (χ0) is 14.1. The van der Waals surface area contributed by atoms with Crippen LogP contribution in [0.25, 0.3) is 5.69 Å². The molecule has 2 aromatic rings. The Morgan fingerprint density at radius 1 is 1.40 bits per heavy atom. The van der Waals surface area contributed by atoms with E-state index in [0.717, 1.165) is 18.4 Å². The summed E-state index contributed by atoms with van der Waals surface area (Å²) in [6.07, 6.45) is 2.33. The van der Waals surface area contributed by atoms with Gasteiger partial charge in [0.05, 0.1) is 5.69 Å². The van der Waals surface area contributed by atoms with E-state index in [1.165, 1.54) is 10.7 Å². The highest BCUT2D eigenvalue weighted by Crippen LogP contribution is 2.20. The maximum atomic E-state index is 12.0. The van der Waals surface area contributed by atoms with Crippen LogP contribution in [-0.2, 0) is 6.54 Å². The second kappa shape index (κ2) is 5.09. The molecule has 5 heteroatoms. The molecular weight excluding hydrogens is 254 g/mol. The minimum absolute atomic E-state index is 0.0490. The van der Waals surface area contributed by atoms with E-state index >= 15 is 0 Å². The van der Waals surface area contributed by atoms with Crippen molar-refractivity contribution in [3.63, 3.8) is 0 Å². The molecule has 1 saturated carbocycles. The summed E-state index contributed by atoms with van der Waals surface area (Å²) in [5.41, 5.74) is 1.94. The number of hydrogen-bond acceptors (Lipinski definition) is 4. The van der Waals surface area contributed by atoms with E-state index in [4.69, 9.17) is 0 Å². The van der Waals surface area contributed by atoms with Crippen molar-refractivity contribution in [3.8, 4) is 11.4 Å². The molecule has 0 aliphatic heterocycles. The molecule has 104 valence electrons. The molecule has 0 spiro atoms. The third-order valence-corrected chi connectivity index (χ3v) is 3.37. The van der Waals surface area contributed by atoms with E-state index < -0.39 is 0 Å². The minimum atomic E-state index is -0.330. The van der Waals surface area contributed by atoms with Crippen molar-refractivity contribution in [3.05, 3.63) is 51.9 Å². The molecule has 0 bridgehead atoms. The number of benzene rings is 1. The van der Waals surface area contributed by atoms with Gasteiger partial charge in [0.25, 0.3) is 5.56 Å². The first-order chi connectivity index (χ1) is 9.63. The Bertz CT molecular complexity index is 690. The molecule has 0 atom stereocenters. The van der Waals surface area contributed by atoms with E-state index in [1.807, 2.05) is 31.2 Å². The van der Waals surface area contributed by atoms with Crippen LogP contribution in [0.15, 0.2) is 35.1 Å². The van der Waals surface area contributed by atoms with Crippen LogP contribution in [-0.4, -0.2) is 20.9 Å². The predicted molar refractivity (Wildman–Crippen MR) is 76.1 cm³/mol. The number of nitrogens with zero attached hydrogens (tertiary/aromatic N) is 2. The number of aromatic nitrogens is 2. The zero-order valence-corrected chi connectivity index (χ0v) is 11.3. The maximum absolute atomic E-state index is 12.0. The van der Waals surface area contributed by atoms with Crippen molar-refractivity contribution in [2.45, 2.75) is 32.4 Å². The zero-order valence-electron chi connectivity index (χ0n) is 11.3. The molecule has 0 amide bonds. The normalized spacial score (nSPS) is 14.4. The molecule has 5 nitrogen and oxygen atoms in total. The summed E-state index contributed by atoms with van der Waals surface area (Å²) >= 11 is 0. The number of aromatic hydroxyl groups is 1. The highest BCUT2D eigenvalue weighted by atomic mass is 16.3. The molecule has 3 rings (SSSR count). The van der Waals surface area contributed by atoms with Gasteiger partial charge in [0.1, 0.15) is 11.4 Å². The summed E-state index contributed by atoms with van der Waals surface area (Å²) in [4.78, 5) is 12.0. The fraction of sp³-hybridized carbons (Fsp3) is 0.333. The van der Waals surface area contributed by atoms with E-state index in [-0.39, 0.29) is 11.3 Å². The molecule has 1 aliphatic rings. The Morgan fingerprint density at radius 2 is 2.20 bits per heavy atom. The number of nitrogens with one attached hydrogen (secondary N) is 1. The Balaban J connectivity index is 1.96. The first-order valence-corrected chi connectivity index (χ1v) is 6.76.